The second-order valence-electron chi connectivity index (χ2n) is 11.8. The van der Waals surface area contributed by atoms with E-state index in [-0.39, 0.29) is 23.8 Å². The van der Waals surface area contributed by atoms with Crippen LogP contribution in [0.4, 0.5) is 11.5 Å². The van der Waals surface area contributed by atoms with Gasteiger partial charge in [-0.25, -0.2) is 9.88 Å². The molecule has 2 fully saturated rings. The zero-order chi connectivity index (χ0) is 30.6. The summed E-state index contributed by atoms with van der Waals surface area (Å²) in [5.74, 6) is 0.291. The fraction of sp³-hybridized carbons (Fsp3) is 0.394. The average Bonchev–Trinajstić information content (AvgIpc) is 3.45. The number of fused-ring (bicyclic) bond motifs is 1. The van der Waals surface area contributed by atoms with Crippen molar-refractivity contribution in [3.05, 3.63) is 76.7 Å². The molecule has 2 aliphatic rings. The number of H-pyrrole nitrogens is 2. The van der Waals surface area contributed by atoms with Crippen molar-refractivity contribution in [2.45, 2.75) is 38.1 Å². The van der Waals surface area contributed by atoms with Gasteiger partial charge in [-0.2, -0.15) is 0 Å². The van der Waals surface area contributed by atoms with Crippen molar-refractivity contribution in [3.63, 3.8) is 0 Å². The highest BCUT2D eigenvalue weighted by Crippen LogP contribution is 2.32. The predicted octanol–water partition coefficient (Wildman–Crippen LogP) is 2.95. The zero-order valence-electron chi connectivity index (χ0n) is 24.7. The summed E-state index contributed by atoms with van der Waals surface area (Å²) in [6.45, 7) is 3.61. The molecule has 1 saturated heterocycles. The molecule has 2 aromatic carbocycles. The Morgan fingerprint density at radius 2 is 1.73 bits per heavy atom. The van der Waals surface area contributed by atoms with Crippen LogP contribution in [0.3, 0.4) is 0 Å². The Hall–Kier alpha value is -4.32. The molecule has 1 aliphatic carbocycles. The van der Waals surface area contributed by atoms with Crippen LogP contribution in [0.5, 0.6) is 0 Å². The van der Waals surface area contributed by atoms with Gasteiger partial charge in [0.25, 0.3) is 11.5 Å². The highest BCUT2D eigenvalue weighted by Gasteiger charge is 2.35. The van der Waals surface area contributed by atoms with Crippen LogP contribution in [0.1, 0.15) is 31.2 Å². The van der Waals surface area contributed by atoms with Gasteiger partial charge in [0.1, 0.15) is 5.82 Å². The number of nitrogens with one attached hydrogen (secondary N) is 2. The van der Waals surface area contributed by atoms with Crippen LogP contribution >= 0.6 is 0 Å². The van der Waals surface area contributed by atoms with Gasteiger partial charge >= 0.3 is 0 Å². The number of hydrogen-bond acceptors (Lipinski definition) is 8. The van der Waals surface area contributed by atoms with E-state index in [0.717, 1.165) is 48.4 Å². The quantitative estimate of drug-likeness (QED) is 0.241. The van der Waals surface area contributed by atoms with E-state index in [1.54, 1.807) is 18.2 Å². The number of aromatic amines is 2. The third-order valence-electron chi connectivity index (χ3n) is 8.93. The first-order valence-corrected chi connectivity index (χ1v) is 15.3. The molecule has 3 heterocycles. The molecular formula is C33H39N7O4. The van der Waals surface area contributed by atoms with Crippen molar-refractivity contribution < 1.29 is 14.3 Å². The van der Waals surface area contributed by atoms with Crippen LogP contribution in [0.15, 0.2) is 65.6 Å². The van der Waals surface area contributed by atoms with Gasteiger partial charge in [0.2, 0.25) is 5.91 Å². The SMILES string of the molecule is NCC1CCC(C(=O)N(C(=O)[C@@H](N)Cc2ccc(-c3ccnc(N4CCOCC4)c3)cc2)c2ccc3c(=O)[nH][nH]c3c2)CC1. The lowest BCUT2D eigenvalue weighted by atomic mass is 9.81. The van der Waals surface area contributed by atoms with Crippen LogP contribution in [0.25, 0.3) is 22.0 Å². The molecule has 0 bridgehead atoms. The minimum atomic E-state index is -0.944. The predicted molar refractivity (Wildman–Crippen MR) is 170 cm³/mol. The van der Waals surface area contributed by atoms with E-state index in [4.69, 9.17) is 16.2 Å². The Balaban J connectivity index is 1.20. The second kappa shape index (κ2) is 13.1. The molecule has 1 aliphatic heterocycles. The first kappa shape index (κ1) is 29.7. The number of pyridine rings is 1. The van der Waals surface area contributed by atoms with Crippen molar-refractivity contribution in [1.82, 2.24) is 15.2 Å². The fourth-order valence-electron chi connectivity index (χ4n) is 6.26. The van der Waals surface area contributed by atoms with E-state index >= 15 is 0 Å². The molecule has 11 nitrogen and oxygen atoms in total. The Bertz CT molecular complexity index is 1670. The monoisotopic (exact) mass is 597 g/mol. The summed E-state index contributed by atoms with van der Waals surface area (Å²) < 4.78 is 5.46. The number of hydrogen-bond donors (Lipinski definition) is 4. The lowest BCUT2D eigenvalue weighted by molar-refractivity contribution is -0.130. The summed E-state index contributed by atoms with van der Waals surface area (Å²) >= 11 is 0. The number of nitrogens with zero attached hydrogens (tertiary/aromatic N) is 3. The Labute approximate surface area is 255 Å². The van der Waals surface area contributed by atoms with Crippen molar-refractivity contribution in [3.8, 4) is 11.1 Å². The highest BCUT2D eigenvalue weighted by atomic mass is 16.5. The van der Waals surface area contributed by atoms with E-state index in [2.05, 4.69) is 26.1 Å². The lowest BCUT2D eigenvalue weighted by Gasteiger charge is -2.32. The number of carbonyl (C=O) groups is 2. The van der Waals surface area contributed by atoms with Crippen molar-refractivity contribution in [2.75, 3.05) is 42.6 Å². The molecule has 0 unspecified atom stereocenters. The maximum atomic E-state index is 13.9. The van der Waals surface area contributed by atoms with Gasteiger partial charge in [-0.3, -0.25) is 24.6 Å². The molecule has 230 valence electrons. The average molecular weight is 598 g/mol. The van der Waals surface area contributed by atoms with Crippen LogP contribution < -0.4 is 26.8 Å². The standard InChI is InChI=1S/C33H39N7O4/c34-20-22-3-7-24(8-4-22)32(42)40(26-9-10-27-29(19-26)37-38-31(27)41)33(43)28(35)17-21-1-5-23(6-2-21)25-11-12-36-30(18-25)39-13-15-44-16-14-39/h1-2,5-6,9-12,18-19,22,24,28H,3-4,7-8,13-17,20,34-35H2,(H2,37,38,41)/t22?,24?,28-/m0/s1. The van der Waals surface area contributed by atoms with Crippen LogP contribution in [0.2, 0.25) is 0 Å². The summed E-state index contributed by atoms with van der Waals surface area (Å²) in [5, 5.41) is 5.82. The third-order valence-corrected chi connectivity index (χ3v) is 8.93. The van der Waals surface area contributed by atoms with Gasteiger partial charge < -0.3 is 21.1 Å². The molecular weight excluding hydrogens is 558 g/mol. The van der Waals surface area contributed by atoms with Crippen LogP contribution in [-0.4, -0.2) is 65.9 Å². The number of carbonyl (C=O) groups excluding carboxylic acids is 2. The number of benzene rings is 2. The first-order valence-electron chi connectivity index (χ1n) is 15.3. The fourth-order valence-corrected chi connectivity index (χ4v) is 6.26. The summed E-state index contributed by atoms with van der Waals surface area (Å²) in [6.07, 6.45) is 5.13. The molecule has 6 N–H and O–H groups in total. The van der Waals surface area contributed by atoms with Crippen LogP contribution in [-0.2, 0) is 20.7 Å². The molecule has 6 rings (SSSR count). The van der Waals surface area contributed by atoms with Gasteiger partial charge in [-0.1, -0.05) is 24.3 Å². The van der Waals surface area contributed by atoms with Gasteiger partial charge in [0.05, 0.1) is 35.8 Å². The Morgan fingerprint density at radius 3 is 2.45 bits per heavy atom. The number of amides is 2. The van der Waals surface area contributed by atoms with Crippen molar-refractivity contribution >= 4 is 34.2 Å². The van der Waals surface area contributed by atoms with Gasteiger partial charge in [0.15, 0.2) is 0 Å². The number of rotatable bonds is 8. The number of morpholine rings is 1. The maximum absolute atomic E-state index is 13.9. The molecule has 2 aromatic heterocycles. The molecule has 0 spiro atoms. The first-order chi connectivity index (χ1) is 21.4. The summed E-state index contributed by atoms with van der Waals surface area (Å²) in [6, 6.07) is 16.0. The third kappa shape index (κ3) is 6.30. The number of anilines is 2. The minimum absolute atomic E-state index is 0.262. The van der Waals surface area contributed by atoms with Crippen LogP contribution in [0, 0.1) is 11.8 Å². The molecule has 1 atom stereocenters. The van der Waals surface area contributed by atoms with Gasteiger partial charge in [0, 0.05) is 25.2 Å². The topological polar surface area (TPSA) is 163 Å². The molecule has 1 saturated carbocycles. The summed E-state index contributed by atoms with van der Waals surface area (Å²) in [7, 11) is 0. The van der Waals surface area contributed by atoms with E-state index in [9.17, 15) is 14.4 Å². The number of ether oxygens (including phenoxy) is 1. The summed E-state index contributed by atoms with van der Waals surface area (Å²) in [4.78, 5) is 47.9. The lowest BCUT2D eigenvalue weighted by Crippen LogP contribution is -2.50. The Morgan fingerprint density at radius 1 is 0.977 bits per heavy atom. The van der Waals surface area contributed by atoms with E-state index in [0.29, 0.717) is 55.1 Å². The molecule has 2 amide bonds. The van der Waals surface area contributed by atoms with Crippen molar-refractivity contribution in [1.29, 1.82) is 0 Å². The number of imide groups is 1. The smallest absolute Gasteiger partial charge is 0.271 e. The summed E-state index contributed by atoms with van der Waals surface area (Å²) in [5.41, 5.74) is 16.0. The Kier molecular flexibility index (Phi) is 8.87. The largest absolute Gasteiger partial charge is 0.378 e. The zero-order valence-corrected chi connectivity index (χ0v) is 24.7. The normalized spacial score (nSPS) is 19.5. The van der Waals surface area contributed by atoms with E-state index in [1.165, 1.54) is 4.90 Å². The minimum Gasteiger partial charge on any atom is -0.378 e. The molecule has 4 aromatic rings. The van der Waals surface area contributed by atoms with Gasteiger partial charge in [-0.05, 0) is 91.6 Å². The second-order valence-corrected chi connectivity index (χ2v) is 11.8. The highest BCUT2D eigenvalue weighted by molar-refractivity contribution is 6.17. The number of nitrogens with two attached hydrogens (primary N) is 2. The molecule has 0 radical (unpaired) electrons. The molecule has 44 heavy (non-hydrogen) atoms. The van der Waals surface area contributed by atoms with Gasteiger partial charge in [-0.15, -0.1) is 0 Å². The van der Waals surface area contributed by atoms with E-state index in [1.807, 2.05) is 36.5 Å². The van der Waals surface area contributed by atoms with E-state index < -0.39 is 11.9 Å². The molecule has 11 heteroatoms. The maximum Gasteiger partial charge on any atom is 0.271 e. The van der Waals surface area contributed by atoms with Crippen molar-refractivity contribution in [2.24, 2.45) is 23.3 Å². The number of aromatic nitrogens is 3.